The van der Waals surface area contributed by atoms with Gasteiger partial charge in [0.1, 0.15) is 10.4 Å². The van der Waals surface area contributed by atoms with Crippen molar-refractivity contribution in [3.8, 4) is 0 Å². The SMILES string of the molecule is C[n+]1c(NC(=O)c2ccc(Cl)s2)sc2cc([N+](=O)[O-])ccc21. The Bertz CT molecular complexity index is 903. The Morgan fingerprint density at radius 3 is 2.73 bits per heavy atom. The molecule has 3 aromatic rings. The number of amides is 1. The van der Waals surface area contributed by atoms with Crippen molar-refractivity contribution in [2.24, 2.45) is 7.05 Å². The zero-order valence-electron chi connectivity index (χ0n) is 11.2. The number of carbonyl (C=O) groups is 1. The number of non-ortho nitro benzene ring substituents is 1. The Hall–Kier alpha value is -2.03. The fourth-order valence-corrected chi connectivity index (χ4v) is 3.98. The lowest BCUT2D eigenvalue weighted by atomic mass is 10.3. The third-order valence-corrected chi connectivity index (χ3v) is 5.39. The van der Waals surface area contributed by atoms with Crippen LogP contribution < -0.4 is 9.88 Å². The van der Waals surface area contributed by atoms with Gasteiger partial charge >= 0.3 is 11.0 Å². The van der Waals surface area contributed by atoms with E-state index in [1.165, 1.54) is 34.8 Å². The van der Waals surface area contributed by atoms with Crippen molar-refractivity contribution in [1.29, 1.82) is 0 Å². The highest BCUT2D eigenvalue weighted by Gasteiger charge is 2.22. The number of halogens is 1. The Kier molecular flexibility index (Phi) is 3.81. The van der Waals surface area contributed by atoms with Crippen LogP contribution in [0, 0.1) is 10.1 Å². The molecule has 0 spiro atoms. The number of carbonyl (C=O) groups excluding carboxylic acids is 1. The molecule has 0 saturated heterocycles. The minimum atomic E-state index is -0.439. The lowest BCUT2D eigenvalue weighted by Crippen LogP contribution is -2.31. The second-order valence-corrected chi connectivity index (χ2v) is 7.18. The first-order valence-corrected chi connectivity index (χ1v) is 8.10. The highest BCUT2D eigenvalue weighted by Crippen LogP contribution is 2.28. The summed E-state index contributed by atoms with van der Waals surface area (Å²) < 4.78 is 3.06. The number of hydrogen-bond donors (Lipinski definition) is 1. The van der Waals surface area contributed by atoms with Gasteiger partial charge in [-0.05, 0) is 29.5 Å². The molecule has 0 radical (unpaired) electrons. The Morgan fingerprint density at radius 1 is 1.32 bits per heavy atom. The van der Waals surface area contributed by atoms with E-state index in [2.05, 4.69) is 5.32 Å². The molecule has 22 heavy (non-hydrogen) atoms. The number of nitrogens with zero attached hydrogens (tertiary/aromatic N) is 2. The Balaban J connectivity index is 1.95. The van der Waals surface area contributed by atoms with E-state index >= 15 is 0 Å². The van der Waals surface area contributed by atoms with Crippen molar-refractivity contribution in [1.82, 2.24) is 0 Å². The number of hydrogen-bond acceptors (Lipinski definition) is 5. The second kappa shape index (κ2) is 5.64. The summed E-state index contributed by atoms with van der Waals surface area (Å²) in [7, 11) is 1.79. The summed E-state index contributed by atoms with van der Waals surface area (Å²) in [4.78, 5) is 23.0. The predicted octanol–water partition coefficient (Wildman–Crippen LogP) is 3.60. The van der Waals surface area contributed by atoms with E-state index in [4.69, 9.17) is 11.6 Å². The van der Waals surface area contributed by atoms with E-state index in [1.54, 1.807) is 29.8 Å². The molecule has 3 rings (SSSR count). The molecule has 2 heterocycles. The van der Waals surface area contributed by atoms with Gasteiger partial charge in [0.05, 0.1) is 21.0 Å². The monoisotopic (exact) mass is 354 g/mol. The van der Waals surface area contributed by atoms with E-state index < -0.39 is 4.92 Å². The summed E-state index contributed by atoms with van der Waals surface area (Å²) in [5.74, 6) is -0.256. The summed E-state index contributed by atoms with van der Waals surface area (Å²) in [5, 5.41) is 14.2. The molecule has 1 N–H and O–H groups in total. The average Bonchev–Trinajstić information content (AvgIpc) is 3.03. The minimum Gasteiger partial charge on any atom is -0.258 e. The second-order valence-electron chi connectivity index (χ2n) is 4.43. The first kappa shape index (κ1) is 14.9. The quantitative estimate of drug-likeness (QED) is 0.443. The number of nitrogens with one attached hydrogen (secondary N) is 1. The zero-order valence-corrected chi connectivity index (χ0v) is 13.6. The van der Waals surface area contributed by atoms with Gasteiger partial charge in [0.2, 0.25) is 0 Å². The maximum atomic E-state index is 12.2. The number of aryl methyl sites for hydroxylation is 1. The van der Waals surface area contributed by atoms with Crippen molar-refractivity contribution in [3.05, 3.63) is 49.7 Å². The van der Waals surface area contributed by atoms with Gasteiger partial charge in [-0.2, -0.15) is 5.32 Å². The lowest BCUT2D eigenvalue weighted by molar-refractivity contribution is -0.626. The van der Waals surface area contributed by atoms with Crippen LogP contribution in [0.15, 0.2) is 30.3 Å². The highest BCUT2D eigenvalue weighted by atomic mass is 35.5. The van der Waals surface area contributed by atoms with E-state index in [9.17, 15) is 14.9 Å². The molecule has 2 aromatic heterocycles. The molecule has 1 amide bonds. The number of aromatic nitrogens is 1. The van der Waals surface area contributed by atoms with Gasteiger partial charge in [-0.15, -0.1) is 11.3 Å². The molecule has 1 aromatic carbocycles. The first-order valence-electron chi connectivity index (χ1n) is 6.09. The van der Waals surface area contributed by atoms with Crippen molar-refractivity contribution in [3.63, 3.8) is 0 Å². The fourth-order valence-electron chi connectivity index (χ4n) is 1.96. The van der Waals surface area contributed by atoms with E-state index in [-0.39, 0.29) is 11.6 Å². The van der Waals surface area contributed by atoms with Crippen molar-refractivity contribution < 1.29 is 14.3 Å². The number of thiophene rings is 1. The van der Waals surface area contributed by atoms with Crippen molar-refractivity contribution in [2.45, 2.75) is 0 Å². The van der Waals surface area contributed by atoms with Crippen LogP contribution in [0.1, 0.15) is 9.67 Å². The molecule has 0 aliphatic heterocycles. The normalized spacial score (nSPS) is 10.8. The summed E-state index contributed by atoms with van der Waals surface area (Å²) >= 11 is 8.30. The van der Waals surface area contributed by atoms with Crippen LogP contribution >= 0.6 is 34.3 Å². The number of rotatable bonds is 3. The summed E-state index contributed by atoms with van der Waals surface area (Å²) in [5.41, 5.74) is 0.840. The van der Waals surface area contributed by atoms with Gasteiger partial charge in [-0.1, -0.05) is 11.6 Å². The number of anilines is 1. The number of thiazole rings is 1. The van der Waals surface area contributed by atoms with Crippen LogP contribution in [0.3, 0.4) is 0 Å². The van der Waals surface area contributed by atoms with Crippen LogP contribution in [0.2, 0.25) is 4.34 Å². The molecule has 0 atom stereocenters. The van der Waals surface area contributed by atoms with Gasteiger partial charge in [-0.3, -0.25) is 10.1 Å². The van der Waals surface area contributed by atoms with Crippen LogP contribution in [-0.4, -0.2) is 10.8 Å². The lowest BCUT2D eigenvalue weighted by Gasteiger charge is -1.95. The Labute approximate surface area is 137 Å². The topological polar surface area (TPSA) is 76.1 Å². The van der Waals surface area contributed by atoms with Crippen LogP contribution in [0.5, 0.6) is 0 Å². The molecular weight excluding hydrogens is 346 g/mol. The molecule has 0 aliphatic rings. The van der Waals surface area contributed by atoms with Gasteiger partial charge in [0.25, 0.3) is 5.69 Å². The molecule has 9 heteroatoms. The highest BCUT2D eigenvalue weighted by molar-refractivity contribution is 7.22. The standard InChI is InChI=1S/C13H8ClN3O3S2/c1-16-8-3-2-7(17(19)20)6-10(8)22-13(16)15-12(18)9-4-5-11(14)21-9/h2-6H,1H3/p+1. The molecule has 112 valence electrons. The van der Waals surface area contributed by atoms with E-state index in [0.29, 0.717) is 14.3 Å². The van der Waals surface area contributed by atoms with E-state index in [1.807, 2.05) is 0 Å². The summed E-state index contributed by atoms with van der Waals surface area (Å²) in [6, 6.07) is 7.93. The number of benzene rings is 1. The average molecular weight is 355 g/mol. The van der Waals surface area contributed by atoms with Gasteiger partial charge in [0.15, 0.2) is 0 Å². The van der Waals surface area contributed by atoms with Crippen molar-refractivity contribution in [2.75, 3.05) is 5.32 Å². The molecule has 6 nitrogen and oxygen atoms in total. The minimum absolute atomic E-state index is 0.0252. The van der Waals surface area contributed by atoms with E-state index in [0.717, 1.165) is 10.2 Å². The van der Waals surface area contributed by atoms with Crippen LogP contribution in [-0.2, 0) is 7.05 Å². The third kappa shape index (κ3) is 2.68. The molecule has 0 bridgehead atoms. The largest absolute Gasteiger partial charge is 0.349 e. The molecule has 0 saturated carbocycles. The molecule has 0 fully saturated rings. The third-order valence-electron chi connectivity index (χ3n) is 3.04. The first-order chi connectivity index (χ1) is 10.5. The number of fused-ring (bicyclic) bond motifs is 1. The predicted molar refractivity (Wildman–Crippen MR) is 86.9 cm³/mol. The smallest absolute Gasteiger partial charge is 0.258 e. The maximum absolute atomic E-state index is 12.2. The van der Waals surface area contributed by atoms with Gasteiger partial charge < -0.3 is 0 Å². The Morgan fingerprint density at radius 2 is 2.09 bits per heavy atom. The fraction of sp³-hybridized carbons (Fsp3) is 0.0769. The number of nitro groups is 1. The van der Waals surface area contributed by atoms with Crippen LogP contribution in [0.25, 0.3) is 10.2 Å². The molecule has 0 aliphatic carbocycles. The molecular formula is C13H9ClN3O3S2+. The summed E-state index contributed by atoms with van der Waals surface area (Å²) in [6.07, 6.45) is 0. The van der Waals surface area contributed by atoms with Crippen molar-refractivity contribution >= 4 is 61.2 Å². The van der Waals surface area contributed by atoms with Gasteiger partial charge in [0, 0.05) is 12.1 Å². The molecule has 0 unspecified atom stereocenters. The zero-order chi connectivity index (χ0) is 15.9. The maximum Gasteiger partial charge on any atom is 0.349 e. The van der Waals surface area contributed by atoms with Crippen LogP contribution in [0.4, 0.5) is 10.8 Å². The summed E-state index contributed by atoms with van der Waals surface area (Å²) in [6.45, 7) is 0. The number of nitro benzene ring substituents is 1. The van der Waals surface area contributed by atoms with Gasteiger partial charge in [-0.25, -0.2) is 9.36 Å².